The highest BCUT2D eigenvalue weighted by Crippen LogP contribution is 2.28. The first-order valence-corrected chi connectivity index (χ1v) is 12.0. The molecule has 1 N–H and O–H groups in total. The number of amides is 1. The molecule has 3 aromatic rings. The fraction of sp³-hybridized carbons (Fsp3) is 0.385. The standard InChI is InChI=1S/C26H29ClN4O/c27-21-8-10-23(11-9-21)30-14-16-31(17-15-30)25-24-18-20(7-6-19(24)12-13-28-25)26(32)29-22-4-2-1-3-5-22/h6-13,18,22H,1-5,14-17H2,(H,29,32). The van der Waals surface area contributed by atoms with Crippen LogP contribution in [-0.2, 0) is 0 Å². The molecule has 0 atom stereocenters. The Labute approximate surface area is 194 Å². The van der Waals surface area contributed by atoms with Gasteiger partial charge in [0.05, 0.1) is 0 Å². The lowest BCUT2D eigenvalue weighted by atomic mass is 9.95. The van der Waals surface area contributed by atoms with Crippen molar-refractivity contribution in [1.29, 1.82) is 0 Å². The first-order valence-electron chi connectivity index (χ1n) is 11.6. The van der Waals surface area contributed by atoms with E-state index in [0.29, 0.717) is 6.04 Å². The number of carbonyl (C=O) groups excluding carboxylic acids is 1. The van der Waals surface area contributed by atoms with Crippen molar-refractivity contribution in [1.82, 2.24) is 10.3 Å². The molecule has 1 amide bonds. The number of fused-ring (bicyclic) bond motifs is 1. The van der Waals surface area contributed by atoms with Crippen molar-refractivity contribution in [3.05, 3.63) is 65.3 Å². The fourth-order valence-electron chi connectivity index (χ4n) is 4.89. The smallest absolute Gasteiger partial charge is 0.251 e. The molecule has 2 fully saturated rings. The third-order valence-electron chi connectivity index (χ3n) is 6.72. The van der Waals surface area contributed by atoms with Gasteiger partial charge in [-0.2, -0.15) is 0 Å². The van der Waals surface area contributed by atoms with Gasteiger partial charge in [0.15, 0.2) is 0 Å². The fourth-order valence-corrected chi connectivity index (χ4v) is 5.02. The Morgan fingerprint density at radius 3 is 2.38 bits per heavy atom. The van der Waals surface area contributed by atoms with Gasteiger partial charge in [-0.15, -0.1) is 0 Å². The molecular formula is C26H29ClN4O. The highest BCUT2D eigenvalue weighted by atomic mass is 35.5. The van der Waals surface area contributed by atoms with Crippen LogP contribution in [-0.4, -0.2) is 43.1 Å². The third kappa shape index (κ3) is 4.53. The number of halogens is 1. The highest BCUT2D eigenvalue weighted by molar-refractivity contribution is 6.30. The lowest BCUT2D eigenvalue weighted by Crippen LogP contribution is -2.46. The van der Waals surface area contributed by atoms with Gasteiger partial charge >= 0.3 is 0 Å². The van der Waals surface area contributed by atoms with Crippen molar-refractivity contribution in [2.45, 2.75) is 38.1 Å². The lowest BCUT2D eigenvalue weighted by Gasteiger charge is -2.37. The van der Waals surface area contributed by atoms with E-state index in [1.807, 2.05) is 42.6 Å². The number of hydrogen-bond donors (Lipinski definition) is 1. The summed E-state index contributed by atoms with van der Waals surface area (Å²) in [5, 5.41) is 6.16. The molecule has 2 aromatic carbocycles. The van der Waals surface area contributed by atoms with Crippen LogP contribution in [0.2, 0.25) is 5.02 Å². The number of nitrogens with zero attached hydrogens (tertiary/aromatic N) is 3. The molecule has 1 aliphatic carbocycles. The van der Waals surface area contributed by atoms with E-state index in [0.717, 1.165) is 66.2 Å². The van der Waals surface area contributed by atoms with Crippen LogP contribution in [0.1, 0.15) is 42.5 Å². The normalized spacial score (nSPS) is 17.5. The van der Waals surface area contributed by atoms with Gasteiger partial charge in [0.25, 0.3) is 5.91 Å². The van der Waals surface area contributed by atoms with Crippen molar-refractivity contribution < 1.29 is 4.79 Å². The number of aromatic nitrogens is 1. The van der Waals surface area contributed by atoms with Crippen LogP contribution in [0, 0.1) is 0 Å². The topological polar surface area (TPSA) is 48.5 Å². The van der Waals surface area contributed by atoms with E-state index in [1.165, 1.54) is 24.9 Å². The van der Waals surface area contributed by atoms with Crippen molar-refractivity contribution in [3.8, 4) is 0 Å². The molecule has 1 saturated heterocycles. The summed E-state index contributed by atoms with van der Waals surface area (Å²) in [4.78, 5) is 22.3. The second-order valence-electron chi connectivity index (χ2n) is 8.83. The molecule has 32 heavy (non-hydrogen) atoms. The Kier molecular flexibility index (Phi) is 6.17. The van der Waals surface area contributed by atoms with E-state index < -0.39 is 0 Å². The summed E-state index contributed by atoms with van der Waals surface area (Å²) in [7, 11) is 0. The molecule has 2 heterocycles. The van der Waals surface area contributed by atoms with Crippen molar-refractivity contribution in [3.63, 3.8) is 0 Å². The first-order chi connectivity index (χ1) is 15.7. The van der Waals surface area contributed by atoms with Crippen LogP contribution < -0.4 is 15.1 Å². The van der Waals surface area contributed by atoms with E-state index >= 15 is 0 Å². The maximum absolute atomic E-state index is 12.9. The molecule has 0 bridgehead atoms. The number of hydrogen-bond acceptors (Lipinski definition) is 4. The number of nitrogens with one attached hydrogen (secondary N) is 1. The van der Waals surface area contributed by atoms with Crippen LogP contribution in [0.25, 0.3) is 10.8 Å². The van der Waals surface area contributed by atoms with Gasteiger partial charge in [-0.3, -0.25) is 4.79 Å². The molecule has 1 aliphatic heterocycles. The van der Waals surface area contributed by atoms with Crippen LogP contribution in [0.15, 0.2) is 54.7 Å². The van der Waals surface area contributed by atoms with Crippen molar-refractivity contribution >= 4 is 39.8 Å². The second kappa shape index (κ2) is 9.37. The summed E-state index contributed by atoms with van der Waals surface area (Å²) in [6.45, 7) is 3.60. The summed E-state index contributed by atoms with van der Waals surface area (Å²) in [6.07, 6.45) is 7.74. The predicted octanol–water partition coefficient (Wildman–Crippen LogP) is 5.28. The van der Waals surface area contributed by atoms with Gasteiger partial charge in [0, 0.05) is 60.1 Å². The van der Waals surface area contributed by atoms with E-state index in [2.05, 4.69) is 27.2 Å². The summed E-state index contributed by atoms with van der Waals surface area (Å²) in [5.41, 5.74) is 1.92. The molecule has 2 aliphatic rings. The highest BCUT2D eigenvalue weighted by Gasteiger charge is 2.21. The monoisotopic (exact) mass is 448 g/mol. The van der Waals surface area contributed by atoms with Gasteiger partial charge in [-0.25, -0.2) is 4.98 Å². The molecule has 5 nitrogen and oxygen atoms in total. The predicted molar refractivity (Wildman–Crippen MR) is 132 cm³/mol. The Morgan fingerprint density at radius 1 is 0.906 bits per heavy atom. The molecule has 166 valence electrons. The number of benzene rings is 2. The quantitative estimate of drug-likeness (QED) is 0.590. The minimum absolute atomic E-state index is 0.0289. The third-order valence-corrected chi connectivity index (χ3v) is 6.97. The largest absolute Gasteiger partial charge is 0.368 e. The molecule has 0 radical (unpaired) electrons. The van der Waals surface area contributed by atoms with Crippen LogP contribution >= 0.6 is 11.6 Å². The SMILES string of the molecule is O=C(NC1CCCCC1)c1ccc2ccnc(N3CCN(c4ccc(Cl)cc4)CC3)c2c1. The Balaban J connectivity index is 1.33. The maximum Gasteiger partial charge on any atom is 0.251 e. The summed E-state index contributed by atoms with van der Waals surface area (Å²) >= 11 is 6.04. The van der Waals surface area contributed by atoms with E-state index in [1.54, 1.807) is 0 Å². The van der Waals surface area contributed by atoms with Crippen LogP contribution in [0.4, 0.5) is 11.5 Å². The zero-order chi connectivity index (χ0) is 21.9. The minimum atomic E-state index is 0.0289. The van der Waals surface area contributed by atoms with Gasteiger partial charge in [-0.05, 0) is 60.7 Å². The summed E-state index contributed by atoms with van der Waals surface area (Å²) in [5.74, 6) is 0.992. The number of carbonyl (C=O) groups is 1. The lowest BCUT2D eigenvalue weighted by molar-refractivity contribution is 0.0928. The maximum atomic E-state index is 12.9. The minimum Gasteiger partial charge on any atom is -0.368 e. The van der Waals surface area contributed by atoms with Gasteiger partial charge < -0.3 is 15.1 Å². The summed E-state index contributed by atoms with van der Waals surface area (Å²) in [6, 6.07) is 16.3. The van der Waals surface area contributed by atoms with E-state index in [4.69, 9.17) is 16.6 Å². The molecular weight excluding hydrogens is 420 g/mol. The number of anilines is 2. The zero-order valence-corrected chi connectivity index (χ0v) is 19.0. The summed E-state index contributed by atoms with van der Waals surface area (Å²) < 4.78 is 0. The molecule has 6 heteroatoms. The second-order valence-corrected chi connectivity index (χ2v) is 9.27. The average Bonchev–Trinajstić information content (AvgIpc) is 2.84. The Bertz CT molecular complexity index is 1090. The van der Waals surface area contributed by atoms with E-state index in [9.17, 15) is 4.79 Å². The molecule has 5 rings (SSSR count). The average molecular weight is 449 g/mol. The number of pyridine rings is 1. The van der Waals surface area contributed by atoms with Crippen LogP contribution in [0.5, 0.6) is 0 Å². The van der Waals surface area contributed by atoms with Crippen molar-refractivity contribution in [2.75, 3.05) is 36.0 Å². The number of piperazine rings is 1. The molecule has 1 aromatic heterocycles. The van der Waals surface area contributed by atoms with Crippen molar-refractivity contribution in [2.24, 2.45) is 0 Å². The first kappa shape index (κ1) is 21.1. The Hall–Kier alpha value is -2.79. The molecule has 0 unspecified atom stereocenters. The van der Waals surface area contributed by atoms with Gasteiger partial charge in [0.2, 0.25) is 0 Å². The number of rotatable bonds is 4. The van der Waals surface area contributed by atoms with Gasteiger partial charge in [-0.1, -0.05) is 36.9 Å². The Morgan fingerprint density at radius 2 is 1.62 bits per heavy atom. The van der Waals surface area contributed by atoms with Crippen LogP contribution in [0.3, 0.4) is 0 Å². The van der Waals surface area contributed by atoms with Gasteiger partial charge in [0.1, 0.15) is 5.82 Å². The molecule has 0 spiro atoms. The molecule has 1 saturated carbocycles. The zero-order valence-electron chi connectivity index (χ0n) is 18.3. The van der Waals surface area contributed by atoms with E-state index in [-0.39, 0.29) is 5.91 Å².